The first-order valence-corrected chi connectivity index (χ1v) is 11.8. The maximum absolute atomic E-state index is 13.8. The van der Waals surface area contributed by atoms with E-state index in [0.717, 1.165) is 18.2 Å². The number of nitrogens with two attached hydrogens (primary N) is 1. The molecule has 4 rings (SSSR count). The summed E-state index contributed by atoms with van der Waals surface area (Å²) < 4.78 is 66.2. The third-order valence-electron chi connectivity index (χ3n) is 4.73. The highest BCUT2D eigenvalue weighted by Gasteiger charge is 2.22. The van der Waals surface area contributed by atoms with Crippen molar-refractivity contribution in [3.63, 3.8) is 0 Å². The van der Waals surface area contributed by atoms with Crippen LogP contribution in [-0.2, 0) is 10.0 Å². The van der Waals surface area contributed by atoms with E-state index in [2.05, 4.69) is 5.32 Å². The zero-order valence-electron chi connectivity index (χ0n) is 17.0. The second-order valence-electron chi connectivity index (χ2n) is 7.02. The normalized spacial score (nSPS) is 11.6. The van der Waals surface area contributed by atoms with Gasteiger partial charge in [-0.3, -0.25) is 9.36 Å². The molecule has 0 aliphatic rings. The molecule has 0 fully saturated rings. The summed E-state index contributed by atoms with van der Waals surface area (Å²) in [6.45, 7) is 0. The summed E-state index contributed by atoms with van der Waals surface area (Å²) in [6.07, 6.45) is -1.34. The molecule has 2 heterocycles. The third kappa shape index (κ3) is 4.61. The highest BCUT2D eigenvalue weighted by molar-refractivity contribution is 7.92. The van der Waals surface area contributed by atoms with E-state index < -0.39 is 42.9 Å². The molecule has 0 saturated heterocycles. The smallest absolute Gasteiger partial charge is 0.333 e. The van der Waals surface area contributed by atoms with E-state index in [4.69, 9.17) is 5.73 Å². The second-order valence-corrected chi connectivity index (χ2v) is 10.0. The van der Waals surface area contributed by atoms with E-state index in [1.54, 1.807) is 10.8 Å². The number of alkyl halides is 2. The minimum absolute atomic E-state index is 0.0751. The maximum atomic E-state index is 13.8. The number of carbonyl (C=O) groups is 1. The SMILES string of the molecule is Nc1cc2ccn(-c3ccc(NC(=O)NS(=O)(=O)c4ccc(C(F)F)s4)cc3)c(=O)c2cc1F. The summed E-state index contributed by atoms with van der Waals surface area (Å²) in [5, 5.41) is 2.91. The Balaban J connectivity index is 1.51. The van der Waals surface area contributed by atoms with E-state index in [1.807, 2.05) is 0 Å². The van der Waals surface area contributed by atoms with Gasteiger partial charge in [0.1, 0.15) is 10.0 Å². The molecule has 0 aliphatic heterocycles. The number of hydrogen-bond donors (Lipinski definition) is 3. The summed E-state index contributed by atoms with van der Waals surface area (Å²) in [5.41, 5.74) is 5.58. The molecule has 34 heavy (non-hydrogen) atoms. The van der Waals surface area contributed by atoms with Crippen LogP contribution >= 0.6 is 11.3 Å². The Bertz CT molecular complexity index is 1570. The van der Waals surface area contributed by atoms with Gasteiger partial charge in [0, 0.05) is 17.6 Å². The van der Waals surface area contributed by atoms with Crippen molar-refractivity contribution >= 4 is 49.5 Å². The van der Waals surface area contributed by atoms with Crippen LogP contribution in [0.15, 0.2) is 69.8 Å². The highest BCUT2D eigenvalue weighted by atomic mass is 32.2. The molecule has 0 spiro atoms. The molecule has 2 amide bonds. The zero-order chi connectivity index (χ0) is 24.6. The number of hydrogen-bond acceptors (Lipinski definition) is 6. The molecule has 2 aromatic heterocycles. The minimum atomic E-state index is -4.34. The van der Waals surface area contributed by atoms with Crippen molar-refractivity contribution in [2.24, 2.45) is 0 Å². The van der Waals surface area contributed by atoms with Gasteiger partial charge in [-0.15, -0.1) is 11.3 Å². The number of anilines is 2. The number of nitrogens with one attached hydrogen (secondary N) is 2. The Hall–Kier alpha value is -3.84. The number of sulfonamides is 1. The topological polar surface area (TPSA) is 123 Å². The lowest BCUT2D eigenvalue weighted by Gasteiger charge is -2.10. The molecule has 0 bridgehead atoms. The Morgan fingerprint density at radius 1 is 1.06 bits per heavy atom. The van der Waals surface area contributed by atoms with Crippen LogP contribution in [-0.4, -0.2) is 19.0 Å². The number of rotatable bonds is 5. The van der Waals surface area contributed by atoms with Gasteiger partial charge in [-0.1, -0.05) is 0 Å². The van der Waals surface area contributed by atoms with Gasteiger partial charge in [0.2, 0.25) is 0 Å². The molecule has 13 heteroatoms. The van der Waals surface area contributed by atoms with E-state index in [1.165, 1.54) is 41.1 Å². The number of amides is 2. The van der Waals surface area contributed by atoms with Crippen molar-refractivity contribution in [1.82, 2.24) is 9.29 Å². The summed E-state index contributed by atoms with van der Waals surface area (Å²) >= 11 is 0.356. The van der Waals surface area contributed by atoms with Crippen LogP contribution in [0, 0.1) is 5.82 Å². The third-order valence-corrected chi connectivity index (χ3v) is 7.65. The molecule has 2 aromatic carbocycles. The van der Waals surface area contributed by atoms with Gasteiger partial charge in [-0.2, -0.15) is 0 Å². The fourth-order valence-electron chi connectivity index (χ4n) is 3.12. The standard InChI is InChI=1S/C21H15F3N4O4S2/c22-15-10-14-11(9-16(15)25)7-8-28(20(14)29)13-3-1-12(2-4-13)26-21(30)27-34(31,32)18-6-5-17(33-18)19(23)24/h1-10,19H,25H2,(H2,26,27,30). The molecule has 4 aromatic rings. The van der Waals surface area contributed by atoms with Gasteiger partial charge in [-0.05, 0) is 60.0 Å². The molecule has 0 saturated carbocycles. The Labute approximate surface area is 194 Å². The quantitative estimate of drug-likeness (QED) is 0.348. The average Bonchev–Trinajstić information content (AvgIpc) is 3.28. The predicted octanol–water partition coefficient (Wildman–Crippen LogP) is 4.22. The maximum Gasteiger partial charge on any atom is 0.333 e. The average molecular weight is 509 g/mol. The molecule has 176 valence electrons. The van der Waals surface area contributed by atoms with Gasteiger partial charge in [0.25, 0.3) is 22.0 Å². The van der Waals surface area contributed by atoms with Crippen molar-refractivity contribution in [2.75, 3.05) is 11.1 Å². The van der Waals surface area contributed by atoms with Crippen LogP contribution in [0.25, 0.3) is 16.5 Å². The van der Waals surface area contributed by atoms with Crippen LogP contribution in [0.2, 0.25) is 0 Å². The monoisotopic (exact) mass is 508 g/mol. The first kappa shape index (κ1) is 23.3. The summed E-state index contributed by atoms with van der Waals surface area (Å²) in [5.74, 6) is -0.712. The van der Waals surface area contributed by atoms with E-state index in [0.29, 0.717) is 22.4 Å². The zero-order valence-corrected chi connectivity index (χ0v) is 18.6. The van der Waals surface area contributed by atoms with Crippen molar-refractivity contribution in [2.45, 2.75) is 10.6 Å². The van der Waals surface area contributed by atoms with Gasteiger partial charge in [0.15, 0.2) is 0 Å². The van der Waals surface area contributed by atoms with Crippen molar-refractivity contribution in [3.05, 3.63) is 81.8 Å². The number of nitrogen functional groups attached to an aromatic ring is 1. The number of pyridine rings is 1. The number of aromatic nitrogens is 1. The number of urea groups is 1. The van der Waals surface area contributed by atoms with Crippen molar-refractivity contribution in [3.8, 4) is 5.69 Å². The molecule has 0 aliphatic carbocycles. The summed E-state index contributed by atoms with van der Waals surface area (Å²) in [4.78, 5) is 24.4. The largest absolute Gasteiger partial charge is 0.396 e. The van der Waals surface area contributed by atoms with Crippen LogP contribution in [0.5, 0.6) is 0 Å². The first-order valence-electron chi connectivity index (χ1n) is 9.48. The minimum Gasteiger partial charge on any atom is -0.396 e. The van der Waals surface area contributed by atoms with Gasteiger partial charge >= 0.3 is 6.03 Å². The molecule has 8 nitrogen and oxygen atoms in total. The summed E-state index contributed by atoms with van der Waals surface area (Å²) in [6, 6.07) is 10.7. The lowest BCUT2D eigenvalue weighted by atomic mass is 10.1. The van der Waals surface area contributed by atoms with E-state index in [9.17, 15) is 31.2 Å². The highest BCUT2D eigenvalue weighted by Crippen LogP contribution is 2.29. The predicted molar refractivity (Wildman–Crippen MR) is 123 cm³/mol. The molecule has 0 atom stereocenters. The molecular weight excluding hydrogens is 493 g/mol. The van der Waals surface area contributed by atoms with Gasteiger partial charge < -0.3 is 11.1 Å². The molecular formula is C21H15F3N4O4S2. The van der Waals surface area contributed by atoms with Gasteiger partial charge in [0.05, 0.1) is 16.0 Å². The van der Waals surface area contributed by atoms with Gasteiger partial charge in [-0.25, -0.2) is 31.1 Å². The Morgan fingerprint density at radius 2 is 1.76 bits per heavy atom. The lowest BCUT2D eigenvalue weighted by molar-refractivity contribution is 0.155. The number of nitrogens with zero attached hydrogens (tertiary/aromatic N) is 1. The number of fused-ring (bicyclic) bond motifs is 1. The van der Waals surface area contributed by atoms with Crippen LogP contribution in [0.3, 0.4) is 0 Å². The number of carbonyl (C=O) groups excluding carboxylic acids is 1. The van der Waals surface area contributed by atoms with Crippen molar-refractivity contribution in [1.29, 1.82) is 0 Å². The Kier molecular flexibility index (Phi) is 6.06. The van der Waals surface area contributed by atoms with E-state index in [-0.39, 0.29) is 16.8 Å². The first-order chi connectivity index (χ1) is 16.0. The Morgan fingerprint density at radius 3 is 2.41 bits per heavy atom. The van der Waals surface area contributed by atoms with Crippen LogP contribution in [0.1, 0.15) is 11.3 Å². The summed E-state index contributed by atoms with van der Waals surface area (Å²) in [7, 11) is -4.34. The van der Waals surface area contributed by atoms with Crippen LogP contribution < -0.4 is 21.3 Å². The number of thiophene rings is 1. The lowest BCUT2D eigenvalue weighted by Crippen LogP contribution is -2.33. The van der Waals surface area contributed by atoms with Crippen LogP contribution in [0.4, 0.5) is 29.3 Å². The molecule has 0 unspecified atom stereocenters. The fourth-order valence-corrected chi connectivity index (χ4v) is 5.21. The van der Waals surface area contributed by atoms with Crippen molar-refractivity contribution < 1.29 is 26.4 Å². The molecule has 4 N–H and O–H groups in total. The number of halogens is 3. The fraction of sp³-hybridized carbons (Fsp3) is 0.0476. The number of benzene rings is 2. The second kappa shape index (κ2) is 8.83. The van der Waals surface area contributed by atoms with E-state index >= 15 is 0 Å². The molecule has 0 radical (unpaired) electrons.